The summed E-state index contributed by atoms with van der Waals surface area (Å²) in [6, 6.07) is 13.4. The third kappa shape index (κ3) is 3.53. The van der Waals surface area contributed by atoms with Crippen molar-refractivity contribution in [3.05, 3.63) is 63.1 Å². The van der Waals surface area contributed by atoms with Gasteiger partial charge in [0.2, 0.25) is 0 Å². The molecule has 20 heavy (non-hydrogen) atoms. The Morgan fingerprint density at radius 3 is 2.55 bits per heavy atom. The minimum absolute atomic E-state index is 0.406. The molecule has 0 heterocycles. The summed E-state index contributed by atoms with van der Waals surface area (Å²) in [5.74, 6) is 1.23. The van der Waals surface area contributed by atoms with Gasteiger partial charge in [0.25, 0.3) is 0 Å². The van der Waals surface area contributed by atoms with Gasteiger partial charge in [-0.1, -0.05) is 28.1 Å². The first kappa shape index (κ1) is 14.9. The van der Waals surface area contributed by atoms with E-state index in [1.165, 1.54) is 0 Å². The van der Waals surface area contributed by atoms with E-state index >= 15 is 0 Å². The lowest BCUT2D eigenvalue weighted by Gasteiger charge is -2.13. The van der Waals surface area contributed by atoms with Crippen molar-refractivity contribution in [3.8, 4) is 11.8 Å². The van der Waals surface area contributed by atoms with Crippen LogP contribution in [-0.4, -0.2) is 0 Å². The molecular formula is C16H13BrClNO. The van der Waals surface area contributed by atoms with Gasteiger partial charge in [-0.05, 0) is 42.3 Å². The van der Waals surface area contributed by atoms with Crippen LogP contribution in [0.25, 0.3) is 0 Å². The van der Waals surface area contributed by atoms with Gasteiger partial charge in [0, 0.05) is 10.0 Å². The molecule has 0 radical (unpaired) electrons. The van der Waals surface area contributed by atoms with Crippen LogP contribution in [0.15, 0.2) is 40.9 Å². The highest BCUT2D eigenvalue weighted by molar-refractivity contribution is 9.10. The highest BCUT2D eigenvalue weighted by atomic mass is 79.9. The van der Waals surface area contributed by atoms with Crippen LogP contribution < -0.4 is 4.74 Å². The maximum absolute atomic E-state index is 8.77. The highest BCUT2D eigenvalue weighted by Crippen LogP contribution is 2.30. The lowest BCUT2D eigenvalue weighted by atomic mass is 10.1. The monoisotopic (exact) mass is 349 g/mol. The number of hydrogen-bond donors (Lipinski definition) is 0. The second-order valence-corrected chi connectivity index (χ2v) is 5.62. The average Bonchev–Trinajstić information content (AvgIpc) is 2.46. The van der Waals surface area contributed by atoms with E-state index in [2.05, 4.69) is 22.0 Å². The van der Waals surface area contributed by atoms with Gasteiger partial charge >= 0.3 is 0 Å². The van der Waals surface area contributed by atoms with Crippen LogP contribution in [0.3, 0.4) is 0 Å². The molecule has 0 unspecified atom stereocenters. The first-order valence-corrected chi connectivity index (χ1v) is 7.43. The van der Waals surface area contributed by atoms with E-state index in [1.807, 2.05) is 31.2 Å². The Balaban J connectivity index is 2.16. The molecule has 0 amide bonds. The summed E-state index contributed by atoms with van der Waals surface area (Å²) in [5.41, 5.74) is 3.68. The standard InChI is InChI=1S/C16H13BrClNO/c1-11-6-15(17)7-14(8-18)16(11)20-10-13-4-2-12(9-19)3-5-13/h2-7H,8,10H2,1H3. The van der Waals surface area contributed by atoms with Crippen LogP contribution in [-0.2, 0) is 12.5 Å². The van der Waals surface area contributed by atoms with Crippen molar-refractivity contribution in [2.24, 2.45) is 0 Å². The average molecular weight is 351 g/mol. The van der Waals surface area contributed by atoms with E-state index in [9.17, 15) is 0 Å². The fourth-order valence-electron chi connectivity index (χ4n) is 1.94. The summed E-state index contributed by atoms with van der Waals surface area (Å²) >= 11 is 9.42. The number of aryl methyl sites for hydroxylation is 1. The van der Waals surface area contributed by atoms with Crippen molar-refractivity contribution in [1.29, 1.82) is 5.26 Å². The van der Waals surface area contributed by atoms with Crippen LogP contribution >= 0.6 is 27.5 Å². The zero-order chi connectivity index (χ0) is 14.5. The largest absolute Gasteiger partial charge is 0.488 e. The van der Waals surface area contributed by atoms with Gasteiger partial charge in [0.1, 0.15) is 12.4 Å². The molecule has 0 aliphatic heterocycles. The second kappa shape index (κ2) is 6.78. The lowest BCUT2D eigenvalue weighted by molar-refractivity contribution is 0.301. The van der Waals surface area contributed by atoms with Gasteiger partial charge < -0.3 is 4.74 Å². The summed E-state index contributed by atoms with van der Waals surface area (Å²) in [6.45, 7) is 2.45. The summed E-state index contributed by atoms with van der Waals surface area (Å²) in [6.07, 6.45) is 0. The minimum Gasteiger partial charge on any atom is -0.488 e. The van der Waals surface area contributed by atoms with Crippen LogP contribution in [0, 0.1) is 18.3 Å². The second-order valence-electron chi connectivity index (χ2n) is 4.44. The molecule has 2 aromatic carbocycles. The van der Waals surface area contributed by atoms with Crippen LogP contribution in [0.2, 0.25) is 0 Å². The predicted octanol–water partition coefficient (Wildman–Crippen LogP) is 4.95. The Morgan fingerprint density at radius 1 is 1.25 bits per heavy atom. The topological polar surface area (TPSA) is 33.0 Å². The van der Waals surface area contributed by atoms with Crippen LogP contribution in [0.5, 0.6) is 5.75 Å². The van der Waals surface area contributed by atoms with Crippen molar-refractivity contribution in [1.82, 2.24) is 0 Å². The SMILES string of the molecule is Cc1cc(Br)cc(CCl)c1OCc1ccc(C#N)cc1. The van der Waals surface area contributed by atoms with Gasteiger partial charge in [0.15, 0.2) is 0 Å². The zero-order valence-electron chi connectivity index (χ0n) is 11.0. The fourth-order valence-corrected chi connectivity index (χ4v) is 2.75. The van der Waals surface area contributed by atoms with Crippen LogP contribution in [0.1, 0.15) is 22.3 Å². The molecular weight excluding hydrogens is 338 g/mol. The Bertz CT molecular complexity index is 647. The van der Waals surface area contributed by atoms with Crippen LogP contribution in [0.4, 0.5) is 0 Å². The van der Waals surface area contributed by atoms with E-state index in [1.54, 1.807) is 12.1 Å². The number of halogens is 2. The molecule has 0 aliphatic carbocycles. The van der Waals surface area contributed by atoms with E-state index in [0.717, 1.165) is 26.9 Å². The maximum atomic E-state index is 8.77. The molecule has 0 saturated carbocycles. The van der Waals surface area contributed by atoms with Crippen molar-refractivity contribution in [3.63, 3.8) is 0 Å². The van der Waals surface area contributed by atoms with Crippen molar-refractivity contribution >= 4 is 27.5 Å². The van der Waals surface area contributed by atoms with Crippen molar-refractivity contribution in [2.75, 3.05) is 0 Å². The maximum Gasteiger partial charge on any atom is 0.127 e. The fraction of sp³-hybridized carbons (Fsp3) is 0.188. The number of rotatable bonds is 4. The first-order valence-electron chi connectivity index (χ1n) is 6.11. The highest BCUT2D eigenvalue weighted by Gasteiger charge is 2.08. The zero-order valence-corrected chi connectivity index (χ0v) is 13.3. The molecule has 2 rings (SSSR count). The predicted molar refractivity (Wildman–Crippen MR) is 83.9 cm³/mol. The minimum atomic E-state index is 0.406. The quantitative estimate of drug-likeness (QED) is 0.731. The summed E-state index contributed by atoms with van der Waals surface area (Å²) in [7, 11) is 0. The number of nitrogens with zero attached hydrogens (tertiary/aromatic N) is 1. The number of ether oxygens (including phenoxy) is 1. The Kier molecular flexibility index (Phi) is 5.05. The van der Waals surface area contributed by atoms with Crippen molar-refractivity contribution < 1.29 is 4.74 Å². The molecule has 0 saturated heterocycles. The lowest BCUT2D eigenvalue weighted by Crippen LogP contribution is -2.00. The third-order valence-corrected chi connectivity index (χ3v) is 3.67. The number of alkyl halides is 1. The normalized spacial score (nSPS) is 10.1. The number of nitriles is 1. The molecule has 4 heteroatoms. The molecule has 0 fully saturated rings. The molecule has 0 aliphatic rings. The third-order valence-electron chi connectivity index (χ3n) is 2.93. The van der Waals surface area contributed by atoms with Crippen molar-refractivity contribution in [2.45, 2.75) is 19.4 Å². The van der Waals surface area contributed by atoms with Gasteiger partial charge in [0.05, 0.1) is 17.5 Å². The smallest absolute Gasteiger partial charge is 0.127 e. The number of hydrogen-bond acceptors (Lipinski definition) is 2. The molecule has 0 atom stereocenters. The molecule has 2 aromatic rings. The van der Waals surface area contributed by atoms with Gasteiger partial charge in [-0.15, -0.1) is 11.6 Å². The van der Waals surface area contributed by atoms with E-state index in [-0.39, 0.29) is 0 Å². The Morgan fingerprint density at radius 2 is 1.95 bits per heavy atom. The number of benzene rings is 2. The molecule has 0 aromatic heterocycles. The Labute approximate surface area is 132 Å². The Hall–Kier alpha value is -1.50. The van der Waals surface area contributed by atoms with Gasteiger partial charge in [-0.2, -0.15) is 5.26 Å². The summed E-state index contributed by atoms with van der Waals surface area (Å²) in [4.78, 5) is 0. The van der Waals surface area contributed by atoms with E-state index in [0.29, 0.717) is 18.1 Å². The summed E-state index contributed by atoms with van der Waals surface area (Å²) < 4.78 is 6.88. The van der Waals surface area contributed by atoms with E-state index in [4.69, 9.17) is 21.6 Å². The van der Waals surface area contributed by atoms with Gasteiger partial charge in [-0.3, -0.25) is 0 Å². The summed E-state index contributed by atoms with van der Waals surface area (Å²) in [5, 5.41) is 8.77. The first-order chi connectivity index (χ1) is 9.63. The van der Waals surface area contributed by atoms with Gasteiger partial charge in [-0.25, -0.2) is 0 Å². The molecule has 102 valence electrons. The molecule has 0 spiro atoms. The van der Waals surface area contributed by atoms with E-state index < -0.39 is 0 Å². The molecule has 0 bridgehead atoms. The molecule has 0 N–H and O–H groups in total. The molecule has 2 nitrogen and oxygen atoms in total.